The summed E-state index contributed by atoms with van der Waals surface area (Å²) in [6, 6.07) is 0. The predicted molar refractivity (Wildman–Crippen MR) is 224 cm³/mol. The van der Waals surface area contributed by atoms with Crippen LogP contribution in [-0.2, 0) is 55.8 Å². The number of nitrogen functional groups attached to an aromatic ring is 2. The minimum absolute atomic E-state index is 0.0245. The third-order valence-electron chi connectivity index (χ3n) is 10.4. The summed E-state index contributed by atoms with van der Waals surface area (Å²) in [5, 5.41) is 5.12. The summed E-state index contributed by atoms with van der Waals surface area (Å²) in [5.41, 5.74) is 8.31. The first-order chi connectivity index (χ1) is 31.4. The molecule has 0 amide bonds. The maximum atomic E-state index is 16.1. The van der Waals surface area contributed by atoms with Crippen LogP contribution in [-0.4, -0.2) is 139 Å². The smallest absolute Gasteiger partial charge is 0.406 e. The van der Waals surface area contributed by atoms with Gasteiger partial charge in [-0.2, -0.15) is 19.9 Å². The monoisotopic (exact) mass is 976 g/mol. The maximum absolute atomic E-state index is 16.1. The maximum Gasteiger partial charge on any atom is 0.406 e. The molecule has 30 heteroatoms. The fraction of sp³-hybridized carbons (Fsp3) is 0.667. The van der Waals surface area contributed by atoms with Crippen molar-refractivity contribution in [2.45, 2.75) is 103 Å². The second kappa shape index (κ2) is 19.8. The average Bonchev–Trinajstić information content (AvgIpc) is 3.99. The van der Waals surface area contributed by atoms with Crippen LogP contribution in [0.4, 0.5) is 20.7 Å². The quantitative estimate of drug-likeness (QED) is 0.0926. The van der Waals surface area contributed by atoms with Crippen LogP contribution < -0.4 is 31.1 Å². The number of nitrogens with zero attached hydrogens (tertiary/aromatic N) is 8. The molecule has 4 aromatic heterocycles. The summed E-state index contributed by atoms with van der Waals surface area (Å²) in [7, 11) is -7.77. The fourth-order valence-corrected chi connectivity index (χ4v) is 10.8. The summed E-state index contributed by atoms with van der Waals surface area (Å²) >= 11 is 0. The van der Waals surface area contributed by atoms with Gasteiger partial charge in [-0.1, -0.05) is 0 Å². The zero-order chi connectivity index (χ0) is 47.6. The van der Waals surface area contributed by atoms with Gasteiger partial charge in [-0.15, -0.1) is 0 Å². The highest BCUT2D eigenvalue weighted by atomic mass is 31.2. The molecule has 0 aliphatic carbocycles. The first kappa shape index (κ1) is 49.2. The van der Waals surface area contributed by atoms with E-state index in [2.05, 4.69) is 40.1 Å². The van der Waals surface area contributed by atoms with Gasteiger partial charge in [0.25, 0.3) is 0 Å². The van der Waals surface area contributed by atoms with Crippen LogP contribution in [0.25, 0.3) is 22.3 Å². The zero-order valence-corrected chi connectivity index (χ0v) is 38.6. The number of carbonyl (C=O) groups excluding carboxylic acids is 2. The van der Waals surface area contributed by atoms with Gasteiger partial charge in [0, 0.05) is 13.1 Å². The highest BCUT2D eigenvalue weighted by molar-refractivity contribution is 7.52. The number of hydrogen-bond donors (Lipinski definition) is 4. The van der Waals surface area contributed by atoms with E-state index in [0.717, 1.165) is 0 Å². The number of nitrogens with two attached hydrogens (primary N) is 2. The molecule has 4 aliphatic rings. The number of rotatable bonds is 16. The Labute approximate surface area is 375 Å². The van der Waals surface area contributed by atoms with E-state index < -0.39 is 75.6 Å². The number of halogens is 2. The molecule has 8 rings (SSSR count). The third kappa shape index (κ3) is 10.1. The summed E-state index contributed by atoms with van der Waals surface area (Å²) in [4.78, 5) is 47.8. The lowest BCUT2D eigenvalue weighted by Crippen LogP contribution is -2.46. The molecule has 4 aliphatic heterocycles. The summed E-state index contributed by atoms with van der Waals surface area (Å²) in [5.74, 6) is -0.733. The predicted octanol–water partition coefficient (Wildman–Crippen LogP) is 3.00. The lowest BCUT2D eigenvalue weighted by molar-refractivity contribution is -0.143. The van der Waals surface area contributed by atoms with E-state index in [9.17, 15) is 18.7 Å². The van der Waals surface area contributed by atoms with E-state index in [1.54, 1.807) is 27.7 Å². The Morgan fingerprint density at radius 3 is 1.47 bits per heavy atom. The van der Waals surface area contributed by atoms with E-state index in [0.29, 0.717) is 24.2 Å². The van der Waals surface area contributed by atoms with Crippen molar-refractivity contribution in [3.8, 4) is 11.8 Å². The second-order valence-electron chi connectivity index (χ2n) is 15.2. The molecular weight excluding hydrogens is 924 g/mol. The van der Waals surface area contributed by atoms with E-state index in [4.69, 9.17) is 58.0 Å². The number of alkyl halides is 2. The number of anilines is 2. The number of imidazole rings is 2. The van der Waals surface area contributed by atoms with Gasteiger partial charge in [0.2, 0.25) is 23.7 Å². The Bertz CT molecular complexity index is 2330. The molecule has 364 valence electrons. The number of hydrogen-bond acceptors (Lipinski definition) is 22. The fourth-order valence-electron chi connectivity index (χ4n) is 7.57. The van der Waals surface area contributed by atoms with Crippen molar-refractivity contribution in [3.05, 3.63) is 12.7 Å². The SMILES string of the molecule is CCOC(=O)CCN[P@@]1(=O)OC[C@H]2O[C@@H](n3cnc4c(OCC)nc(N)nc43)[C@](C)(F)[C@@H]2O1.CCOC(=O)CCN[P@]1(=O)OC[C@H]2O[C@@H](n3cnc4c(OCC)nc(N)nc43)[C@](C)(F)[C@@H]2O1. The van der Waals surface area contributed by atoms with Gasteiger partial charge in [0.1, 0.15) is 24.4 Å². The molecule has 26 nitrogen and oxygen atoms in total. The van der Waals surface area contributed by atoms with Crippen molar-refractivity contribution in [2.75, 3.05) is 64.2 Å². The van der Waals surface area contributed by atoms with Crippen LogP contribution in [0.5, 0.6) is 11.8 Å². The van der Waals surface area contributed by atoms with Crippen LogP contribution in [0.15, 0.2) is 12.7 Å². The summed E-state index contributed by atoms with van der Waals surface area (Å²) < 4.78 is 115. The standard InChI is InChI=1S/2C18H26FN6O7P/c2*1-4-28-11(26)6-7-22-33(27)30-8-10-13(32-33)18(3,19)16(31-10)25-9-21-12-14(25)23-17(20)24-15(12)29-5-2/h2*9-10,13,16H,4-8H2,1-3H3,(H,22,27)(H2,20,23,24)/t10-,13-,16-,18-,33+;10-,13-,16-,18-,33-/m11/s1. The van der Waals surface area contributed by atoms with Crippen LogP contribution in [0, 0.1) is 0 Å². The van der Waals surface area contributed by atoms with Crippen LogP contribution in [0.1, 0.15) is 66.8 Å². The highest BCUT2D eigenvalue weighted by Crippen LogP contribution is 2.58. The Morgan fingerprint density at radius 1 is 0.712 bits per heavy atom. The van der Waals surface area contributed by atoms with Crippen LogP contribution in [0.2, 0.25) is 0 Å². The number of ether oxygens (including phenoxy) is 6. The van der Waals surface area contributed by atoms with Crippen LogP contribution in [0.3, 0.4) is 0 Å². The number of esters is 2. The van der Waals surface area contributed by atoms with Gasteiger partial charge >= 0.3 is 27.4 Å². The molecule has 8 heterocycles. The highest BCUT2D eigenvalue weighted by Gasteiger charge is 2.62. The molecule has 0 saturated carbocycles. The second-order valence-corrected chi connectivity index (χ2v) is 18.8. The van der Waals surface area contributed by atoms with Crippen LogP contribution >= 0.6 is 15.5 Å². The lowest BCUT2D eigenvalue weighted by Gasteiger charge is -2.34. The number of aromatic nitrogens is 8. The van der Waals surface area contributed by atoms with E-state index >= 15 is 8.78 Å². The van der Waals surface area contributed by atoms with Gasteiger partial charge in [-0.25, -0.2) is 38.1 Å². The molecular formula is C36H52F2N12O14P2. The normalized spacial score (nSPS) is 31.5. The van der Waals surface area contributed by atoms with Crippen molar-refractivity contribution < 1.29 is 74.0 Å². The topological polar surface area (TPSA) is 324 Å². The Hall–Kier alpha value is -4.76. The summed E-state index contributed by atoms with van der Waals surface area (Å²) in [6.45, 7) is 10.2. The molecule has 0 aromatic carbocycles. The Morgan fingerprint density at radius 2 is 1.11 bits per heavy atom. The molecule has 66 heavy (non-hydrogen) atoms. The molecule has 4 saturated heterocycles. The largest absolute Gasteiger partial charge is 0.476 e. The van der Waals surface area contributed by atoms with Crippen molar-refractivity contribution >= 4 is 61.7 Å². The number of nitrogens with one attached hydrogen (secondary N) is 2. The molecule has 10 atom stereocenters. The van der Waals surface area contributed by atoms with Crippen molar-refractivity contribution in [3.63, 3.8) is 0 Å². The van der Waals surface area contributed by atoms with Crippen molar-refractivity contribution in [2.24, 2.45) is 0 Å². The Balaban J connectivity index is 0.000000196. The third-order valence-corrected chi connectivity index (χ3v) is 13.7. The van der Waals surface area contributed by atoms with Gasteiger partial charge < -0.3 is 39.9 Å². The molecule has 0 bridgehead atoms. The molecule has 0 spiro atoms. The first-order valence-electron chi connectivity index (χ1n) is 21.0. The number of carbonyl (C=O) groups is 2. The summed E-state index contributed by atoms with van der Waals surface area (Å²) in [6.07, 6.45) is -3.99. The van der Waals surface area contributed by atoms with E-state index in [1.165, 1.54) is 35.6 Å². The molecule has 4 fully saturated rings. The zero-order valence-electron chi connectivity index (χ0n) is 36.8. The van der Waals surface area contributed by atoms with Gasteiger partial charge in [-0.3, -0.25) is 36.8 Å². The molecule has 0 unspecified atom stereocenters. The van der Waals surface area contributed by atoms with Crippen molar-refractivity contribution in [1.29, 1.82) is 0 Å². The van der Waals surface area contributed by atoms with E-state index in [-0.39, 0.29) is 87.3 Å². The lowest BCUT2D eigenvalue weighted by atomic mass is 9.98. The average molecular weight is 977 g/mol. The minimum atomic E-state index is -3.88. The molecule has 4 aromatic rings. The van der Waals surface area contributed by atoms with E-state index in [1.807, 2.05) is 0 Å². The van der Waals surface area contributed by atoms with Gasteiger partial charge in [0.15, 0.2) is 46.1 Å². The molecule has 6 N–H and O–H groups in total. The number of fused-ring (bicyclic) bond motifs is 4. The molecule has 0 radical (unpaired) electrons. The Kier molecular flexibility index (Phi) is 14.8. The van der Waals surface area contributed by atoms with Gasteiger partial charge in [0.05, 0.1) is 65.1 Å². The minimum Gasteiger partial charge on any atom is -0.476 e. The first-order valence-corrected chi connectivity index (χ1v) is 24.1. The van der Waals surface area contributed by atoms with Gasteiger partial charge in [-0.05, 0) is 41.5 Å². The van der Waals surface area contributed by atoms with Crippen molar-refractivity contribution in [1.82, 2.24) is 49.2 Å².